The lowest BCUT2D eigenvalue weighted by molar-refractivity contribution is 0.0377. The molecular weight excluding hydrogens is 380 g/mol. The van der Waals surface area contributed by atoms with Crippen LogP contribution in [0.3, 0.4) is 0 Å². The third kappa shape index (κ3) is 3.74. The van der Waals surface area contributed by atoms with Crippen LogP contribution in [0.1, 0.15) is 47.9 Å². The number of rotatable bonds is 4. The van der Waals surface area contributed by atoms with Crippen LogP contribution in [-0.4, -0.2) is 28.1 Å². The van der Waals surface area contributed by atoms with Crippen molar-refractivity contribution in [3.05, 3.63) is 59.0 Å². The van der Waals surface area contributed by atoms with Gasteiger partial charge < -0.3 is 19.2 Å². The van der Waals surface area contributed by atoms with E-state index in [0.29, 0.717) is 29.9 Å². The molecule has 0 fully saturated rings. The van der Waals surface area contributed by atoms with Gasteiger partial charge in [0.2, 0.25) is 0 Å². The largest absolute Gasteiger partial charge is 0.493 e. The summed E-state index contributed by atoms with van der Waals surface area (Å²) in [6.45, 7) is 5.71. The van der Waals surface area contributed by atoms with Crippen molar-refractivity contribution in [1.29, 1.82) is 0 Å². The number of imidazole rings is 1. The fraction of sp³-hybridized carbons (Fsp3) is 0.333. The van der Waals surface area contributed by atoms with Gasteiger partial charge in [0.05, 0.1) is 41.3 Å². The zero-order valence-corrected chi connectivity index (χ0v) is 16.3. The van der Waals surface area contributed by atoms with Gasteiger partial charge in [-0.1, -0.05) is 0 Å². The Morgan fingerprint density at radius 1 is 1.31 bits per heavy atom. The molecule has 0 bridgehead atoms. The Kier molecular flexibility index (Phi) is 4.86. The number of nitrogens with one attached hydrogen (secondary N) is 1. The molecule has 3 heterocycles. The fourth-order valence-electron chi connectivity index (χ4n) is 3.50. The van der Waals surface area contributed by atoms with E-state index >= 15 is 0 Å². The summed E-state index contributed by atoms with van der Waals surface area (Å²) in [5, 5.41) is 3.27. The quantitative estimate of drug-likeness (QED) is 0.656. The van der Waals surface area contributed by atoms with E-state index in [2.05, 4.69) is 10.3 Å². The van der Waals surface area contributed by atoms with Crippen molar-refractivity contribution in [2.24, 2.45) is 0 Å². The number of nitrogens with zero attached hydrogens (tertiary/aromatic N) is 2. The molecule has 1 aliphatic heterocycles. The Morgan fingerprint density at radius 2 is 2.10 bits per heavy atom. The van der Waals surface area contributed by atoms with Crippen LogP contribution in [0.15, 0.2) is 30.6 Å². The molecule has 8 heteroatoms. The number of pyridine rings is 1. The number of hydrogen-bond acceptors (Lipinski definition) is 5. The third-order valence-corrected chi connectivity index (χ3v) is 4.65. The van der Waals surface area contributed by atoms with Gasteiger partial charge in [-0.3, -0.25) is 0 Å². The maximum Gasteiger partial charge on any atom is 0.339 e. The lowest BCUT2D eigenvalue weighted by Crippen LogP contribution is -2.22. The minimum Gasteiger partial charge on any atom is -0.493 e. The van der Waals surface area contributed by atoms with Crippen molar-refractivity contribution in [3.63, 3.8) is 0 Å². The van der Waals surface area contributed by atoms with Crippen LogP contribution >= 0.6 is 0 Å². The average Bonchev–Trinajstić information content (AvgIpc) is 3.01. The number of benzene rings is 1. The minimum atomic E-state index is -0.688. The van der Waals surface area contributed by atoms with Crippen LogP contribution in [0.2, 0.25) is 0 Å². The molecule has 4 rings (SSSR count). The first kappa shape index (κ1) is 19.2. The van der Waals surface area contributed by atoms with E-state index in [9.17, 15) is 13.6 Å². The van der Waals surface area contributed by atoms with E-state index in [-0.39, 0.29) is 17.4 Å². The first-order chi connectivity index (χ1) is 13.8. The second kappa shape index (κ2) is 7.35. The second-order valence-corrected chi connectivity index (χ2v) is 7.34. The molecule has 0 aliphatic carbocycles. The number of hydrogen-bond donors (Lipinski definition) is 1. The Bertz CT molecular complexity index is 1090. The van der Waals surface area contributed by atoms with E-state index in [1.54, 1.807) is 36.7 Å². The van der Waals surface area contributed by atoms with Gasteiger partial charge in [-0.2, -0.15) is 0 Å². The first-order valence-electron chi connectivity index (χ1n) is 9.40. The standard InChI is InChI=1S/C21H21F2N3O3/c1-11(2)29-21(27)13-6-17(20-24-12(3)9-26(20)10-13)25-16-4-5-28-18-8-14(22)7-15(23)19(16)18/h6-11,16,25H,4-5H2,1-3H3. The Balaban J connectivity index is 1.76. The van der Waals surface area contributed by atoms with Crippen LogP contribution in [0, 0.1) is 18.6 Å². The molecule has 152 valence electrons. The van der Waals surface area contributed by atoms with Gasteiger partial charge >= 0.3 is 5.97 Å². The summed E-state index contributed by atoms with van der Waals surface area (Å²) in [6.07, 6.45) is 3.66. The van der Waals surface area contributed by atoms with E-state index in [4.69, 9.17) is 9.47 Å². The fourth-order valence-corrected chi connectivity index (χ4v) is 3.50. The summed E-state index contributed by atoms with van der Waals surface area (Å²) >= 11 is 0. The molecule has 0 saturated carbocycles. The van der Waals surface area contributed by atoms with E-state index in [1.165, 1.54) is 6.07 Å². The van der Waals surface area contributed by atoms with E-state index in [0.717, 1.165) is 11.8 Å². The number of carbonyl (C=O) groups excluding carboxylic acids is 1. The molecule has 0 saturated heterocycles. The molecule has 1 N–H and O–H groups in total. The SMILES string of the molecule is Cc1cn2cc(C(=O)OC(C)C)cc(NC3CCOc4cc(F)cc(F)c43)c2n1. The minimum absolute atomic E-state index is 0.178. The van der Waals surface area contributed by atoms with Crippen molar-refractivity contribution >= 4 is 17.3 Å². The van der Waals surface area contributed by atoms with Gasteiger partial charge in [-0.05, 0) is 26.8 Å². The predicted molar refractivity (Wildman–Crippen MR) is 103 cm³/mol. The van der Waals surface area contributed by atoms with Gasteiger partial charge in [0, 0.05) is 30.9 Å². The average molecular weight is 401 g/mol. The summed E-state index contributed by atoms with van der Waals surface area (Å²) in [5.41, 5.74) is 2.52. The molecule has 6 nitrogen and oxygen atoms in total. The van der Waals surface area contributed by atoms with E-state index in [1.807, 2.05) is 6.92 Å². The number of carbonyl (C=O) groups is 1. The number of ether oxygens (including phenoxy) is 2. The van der Waals surface area contributed by atoms with Crippen LogP contribution in [0.4, 0.5) is 14.5 Å². The van der Waals surface area contributed by atoms with Crippen molar-refractivity contribution in [1.82, 2.24) is 9.38 Å². The van der Waals surface area contributed by atoms with Gasteiger partial charge in [0.25, 0.3) is 0 Å². The van der Waals surface area contributed by atoms with E-state index < -0.39 is 23.6 Å². The zero-order valence-electron chi connectivity index (χ0n) is 16.3. The highest BCUT2D eigenvalue weighted by atomic mass is 19.1. The van der Waals surface area contributed by atoms with Crippen LogP contribution in [0.5, 0.6) is 5.75 Å². The van der Waals surface area contributed by atoms with Gasteiger partial charge in [0.1, 0.15) is 17.4 Å². The van der Waals surface area contributed by atoms with Gasteiger partial charge in [-0.15, -0.1) is 0 Å². The van der Waals surface area contributed by atoms with Gasteiger partial charge in [-0.25, -0.2) is 18.6 Å². The summed E-state index contributed by atoms with van der Waals surface area (Å²) in [4.78, 5) is 16.9. The van der Waals surface area contributed by atoms with Crippen LogP contribution in [0.25, 0.3) is 5.65 Å². The number of aromatic nitrogens is 2. The highest BCUT2D eigenvalue weighted by Gasteiger charge is 2.27. The van der Waals surface area contributed by atoms with Gasteiger partial charge in [0.15, 0.2) is 5.65 Å². The molecule has 2 aromatic heterocycles. The maximum atomic E-state index is 14.5. The third-order valence-electron chi connectivity index (χ3n) is 4.65. The Hall–Kier alpha value is -3.16. The second-order valence-electron chi connectivity index (χ2n) is 7.34. The highest BCUT2D eigenvalue weighted by molar-refractivity contribution is 5.92. The molecule has 1 aliphatic rings. The molecule has 1 atom stereocenters. The number of esters is 1. The summed E-state index contributed by atoms with van der Waals surface area (Å²) < 4.78 is 40.5. The van der Waals surface area contributed by atoms with Crippen LogP contribution in [-0.2, 0) is 4.74 Å². The summed E-state index contributed by atoms with van der Waals surface area (Å²) in [6, 6.07) is 3.20. The summed E-state index contributed by atoms with van der Waals surface area (Å²) in [7, 11) is 0. The first-order valence-corrected chi connectivity index (χ1v) is 9.40. The number of anilines is 1. The van der Waals surface area contributed by atoms with Crippen molar-refractivity contribution in [2.75, 3.05) is 11.9 Å². The lowest BCUT2D eigenvalue weighted by Gasteiger charge is -2.28. The molecule has 0 radical (unpaired) electrons. The molecule has 1 aromatic carbocycles. The molecule has 0 amide bonds. The van der Waals surface area contributed by atoms with Crippen LogP contribution < -0.4 is 10.1 Å². The number of halogens is 2. The lowest BCUT2D eigenvalue weighted by atomic mass is 9.99. The highest BCUT2D eigenvalue weighted by Crippen LogP contribution is 2.37. The predicted octanol–water partition coefficient (Wildman–Crippen LogP) is 4.42. The molecule has 29 heavy (non-hydrogen) atoms. The topological polar surface area (TPSA) is 64.9 Å². The monoisotopic (exact) mass is 401 g/mol. The molecule has 1 unspecified atom stereocenters. The summed E-state index contributed by atoms with van der Waals surface area (Å²) in [5.74, 6) is -1.65. The molecule has 0 spiro atoms. The number of fused-ring (bicyclic) bond motifs is 2. The zero-order chi connectivity index (χ0) is 20.7. The maximum absolute atomic E-state index is 14.5. The molecular formula is C21H21F2N3O3. The van der Waals surface area contributed by atoms with Crippen molar-refractivity contribution < 1.29 is 23.0 Å². The normalized spacial score (nSPS) is 15.9. The number of aryl methyl sites for hydroxylation is 1. The smallest absolute Gasteiger partial charge is 0.339 e. The Morgan fingerprint density at radius 3 is 2.86 bits per heavy atom. The Labute approximate surface area is 166 Å². The van der Waals surface area contributed by atoms with Crippen molar-refractivity contribution in [2.45, 2.75) is 39.3 Å². The van der Waals surface area contributed by atoms with Crippen molar-refractivity contribution in [3.8, 4) is 5.75 Å². The molecule has 3 aromatic rings.